The van der Waals surface area contributed by atoms with Gasteiger partial charge in [0.25, 0.3) is 0 Å². The first kappa shape index (κ1) is 28.6. The van der Waals surface area contributed by atoms with Crippen molar-refractivity contribution in [3.63, 3.8) is 0 Å². The largest absolute Gasteiger partial charge is 0.353 e. The summed E-state index contributed by atoms with van der Waals surface area (Å²) in [7, 11) is 0. The Morgan fingerprint density at radius 3 is 0.583 bits per heavy atom. The summed E-state index contributed by atoms with van der Waals surface area (Å²) in [5.74, 6) is 0. The predicted molar refractivity (Wildman–Crippen MR) is 98.1 cm³/mol. The highest BCUT2D eigenvalue weighted by Gasteiger charge is 1.96. The molecule has 0 aliphatic heterocycles. The van der Waals surface area contributed by atoms with Gasteiger partial charge in [-0.05, 0) is 62.3 Å². The van der Waals surface area contributed by atoms with Gasteiger partial charge in [-0.25, -0.2) is 0 Å². The third-order valence-corrected chi connectivity index (χ3v) is 2.41. The van der Waals surface area contributed by atoms with E-state index in [-0.39, 0.29) is 18.9 Å². The van der Waals surface area contributed by atoms with Crippen LogP contribution in [0.4, 0.5) is 0 Å². The standard InChI is InChI=1S/3C6H14O2/c3*1-4-7-6(3)8-5-2/h3*6H,4-5H2,1-3H3. The molecule has 0 aromatic carbocycles. The molecule has 0 aromatic heterocycles. The van der Waals surface area contributed by atoms with Crippen LogP contribution in [-0.4, -0.2) is 58.5 Å². The summed E-state index contributed by atoms with van der Waals surface area (Å²) in [5, 5.41) is 0. The molecule has 0 aromatic rings. The van der Waals surface area contributed by atoms with Crippen molar-refractivity contribution >= 4 is 0 Å². The van der Waals surface area contributed by atoms with Crippen LogP contribution in [0.15, 0.2) is 0 Å². The third-order valence-electron chi connectivity index (χ3n) is 2.41. The lowest BCUT2D eigenvalue weighted by Crippen LogP contribution is -2.11. The number of hydrogen-bond donors (Lipinski definition) is 0. The van der Waals surface area contributed by atoms with E-state index in [9.17, 15) is 0 Å². The highest BCUT2D eigenvalue weighted by Crippen LogP contribution is 1.91. The summed E-state index contributed by atoms with van der Waals surface area (Å²) >= 11 is 0. The van der Waals surface area contributed by atoms with Gasteiger partial charge in [-0.2, -0.15) is 0 Å². The van der Waals surface area contributed by atoms with Gasteiger partial charge in [0, 0.05) is 39.6 Å². The van der Waals surface area contributed by atoms with Crippen molar-refractivity contribution in [2.24, 2.45) is 0 Å². The minimum atomic E-state index is -0.0370. The lowest BCUT2D eigenvalue weighted by atomic mass is 10.7. The van der Waals surface area contributed by atoms with Gasteiger partial charge in [-0.3, -0.25) is 0 Å². The maximum Gasteiger partial charge on any atom is 0.154 e. The first-order valence-corrected chi connectivity index (χ1v) is 9.12. The second kappa shape index (κ2) is 25.0. The van der Waals surface area contributed by atoms with Gasteiger partial charge in [0.15, 0.2) is 18.9 Å². The van der Waals surface area contributed by atoms with Crippen LogP contribution in [0, 0.1) is 0 Å². The molecule has 0 aliphatic carbocycles. The van der Waals surface area contributed by atoms with Crippen molar-refractivity contribution in [2.75, 3.05) is 39.6 Å². The Bertz CT molecular complexity index is 153. The van der Waals surface area contributed by atoms with E-state index < -0.39 is 0 Å². The van der Waals surface area contributed by atoms with E-state index in [1.54, 1.807) is 0 Å². The maximum absolute atomic E-state index is 5.06. The van der Waals surface area contributed by atoms with Crippen LogP contribution in [0.1, 0.15) is 62.3 Å². The second-order valence-electron chi connectivity index (χ2n) is 4.43. The Balaban J connectivity index is -0.000000276. The Kier molecular flexibility index (Phi) is 29.8. The molecule has 0 atom stereocenters. The summed E-state index contributed by atoms with van der Waals surface area (Å²) in [6.07, 6.45) is -0.111. The van der Waals surface area contributed by atoms with Crippen LogP contribution in [0.3, 0.4) is 0 Å². The van der Waals surface area contributed by atoms with E-state index in [2.05, 4.69) is 0 Å². The molecule has 0 saturated carbocycles. The van der Waals surface area contributed by atoms with Gasteiger partial charge < -0.3 is 28.4 Å². The first-order chi connectivity index (χ1) is 11.4. The molecule has 150 valence electrons. The van der Waals surface area contributed by atoms with E-state index in [0.29, 0.717) is 0 Å². The molecule has 0 bridgehead atoms. The van der Waals surface area contributed by atoms with Crippen LogP contribution in [0.5, 0.6) is 0 Å². The average Bonchev–Trinajstić information content (AvgIpc) is 2.50. The van der Waals surface area contributed by atoms with Crippen LogP contribution in [0.25, 0.3) is 0 Å². The Morgan fingerprint density at radius 1 is 0.375 bits per heavy atom. The lowest BCUT2D eigenvalue weighted by Gasteiger charge is -2.09. The smallest absolute Gasteiger partial charge is 0.154 e. The highest BCUT2D eigenvalue weighted by molar-refractivity contribution is 4.27. The molecule has 0 unspecified atom stereocenters. The molecule has 6 nitrogen and oxygen atoms in total. The summed E-state index contributed by atoms with van der Waals surface area (Å²) in [6, 6.07) is 0. The van der Waals surface area contributed by atoms with E-state index >= 15 is 0 Å². The molecule has 0 rings (SSSR count). The molecule has 0 saturated heterocycles. The molecule has 0 N–H and O–H groups in total. The fourth-order valence-electron chi connectivity index (χ4n) is 1.55. The average molecular weight is 355 g/mol. The lowest BCUT2D eigenvalue weighted by molar-refractivity contribution is -0.123. The zero-order valence-electron chi connectivity index (χ0n) is 17.4. The maximum atomic E-state index is 5.06. The second-order valence-corrected chi connectivity index (χ2v) is 4.43. The van der Waals surface area contributed by atoms with Crippen molar-refractivity contribution in [3.8, 4) is 0 Å². The van der Waals surface area contributed by atoms with Crippen LogP contribution >= 0.6 is 0 Å². The van der Waals surface area contributed by atoms with Crippen molar-refractivity contribution in [1.29, 1.82) is 0 Å². The summed E-state index contributed by atoms with van der Waals surface area (Å²) in [5.41, 5.74) is 0. The fourth-order valence-corrected chi connectivity index (χ4v) is 1.55. The zero-order chi connectivity index (χ0) is 19.2. The predicted octanol–water partition coefficient (Wildman–Crippen LogP) is 4.22. The fraction of sp³-hybridized carbons (Fsp3) is 1.00. The number of rotatable bonds is 12. The Hall–Kier alpha value is -0.240. The van der Waals surface area contributed by atoms with E-state index in [4.69, 9.17) is 28.4 Å². The van der Waals surface area contributed by atoms with Crippen molar-refractivity contribution < 1.29 is 28.4 Å². The minimum Gasteiger partial charge on any atom is -0.353 e. The van der Waals surface area contributed by atoms with Gasteiger partial charge in [-0.1, -0.05) is 0 Å². The molecule has 0 heterocycles. The van der Waals surface area contributed by atoms with Gasteiger partial charge >= 0.3 is 0 Å². The Labute approximate surface area is 150 Å². The highest BCUT2D eigenvalue weighted by atomic mass is 16.7. The SMILES string of the molecule is CCOC(C)OCC.CCOC(C)OCC.CCOC(C)OCC. The van der Waals surface area contributed by atoms with Crippen LogP contribution in [0.2, 0.25) is 0 Å². The summed E-state index contributed by atoms with van der Waals surface area (Å²) in [4.78, 5) is 0. The molecule has 0 aliphatic rings. The van der Waals surface area contributed by atoms with Gasteiger partial charge in [0.2, 0.25) is 0 Å². The van der Waals surface area contributed by atoms with Crippen LogP contribution in [-0.2, 0) is 28.4 Å². The van der Waals surface area contributed by atoms with Crippen molar-refractivity contribution in [2.45, 2.75) is 81.2 Å². The number of hydrogen-bond acceptors (Lipinski definition) is 6. The summed E-state index contributed by atoms with van der Waals surface area (Å²) in [6.45, 7) is 21.8. The normalized spacial score (nSPS) is 10.5. The quantitative estimate of drug-likeness (QED) is 0.489. The van der Waals surface area contributed by atoms with Crippen LogP contribution < -0.4 is 0 Å². The van der Waals surface area contributed by atoms with E-state index in [1.165, 1.54) is 0 Å². The van der Waals surface area contributed by atoms with Crippen molar-refractivity contribution in [1.82, 2.24) is 0 Å². The van der Waals surface area contributed by atoms with Crippen molar-refractivity contribution in [3.05, 3.63) is 0 Å². The molecular weight excluding hydrogens is 312 g/mol. The molecule has 24 heavy (non-hydrogen) atoms. The Morgan fingerprint density at radius 2 is 0.500 bits per heavy atom. The molecular formula is C18H42O6. The first-order valence-electron chi connectivity index (χ1n) is 9.12. The summed E-state index contributed by atoms with van der Waals surface area (Å²) < 4.78 is 30.4. The van der Waals surface area contributed by atoms with E-state index in [1.807, 2.05) is 62.3 Å². The molecule has 6 heteroatoms. The minimum absolute atomic E-state index is 0.0370. The molecule has 0 radical (unpaired) electrons. The van der Waals surface area contributed by atoms with Gasteiger partial charge in [-0.15, -0.1) is 0 Å². The van der Waals surface area contributed by atoms with Gasteiger partial charge in [0.1, 0.15) is 0 Å². The monoisotopic (exact) mass is 354 g/mol. The topological polar surface area (TPSA) is 55.4 Å². The number of ether oxygens (including phenoxy) is 6. The third kappa shape index (κ3) is 29.7. The molecule has 0 fully saturated rings. The van der Waals surface area contributed by atoms with E-state index in [0.717, 1.165) is 39.6 Å². The van der Waals surface area contributed by atoms with Gasteiger partial charge in [0.05, 0.1) is 0 Å². The zero-order valence-corrected chi connectivity index (χ0v) is 17.4. The molecule has 0 spiro atoms. The molecule has 0 amide bonds.